The van der Waals surface area contributed by atoms with Crippen molar-refractivity contribution in [1.29, 1.82) is 0 Å². The van der Waals surface area contributed by atoms with Crippen LogP contribution in [0.2, 0.25) is 0 Å². The highest BCUT2D eigenvalue weighted by Crippen LogP contribution is 2.21. The number of benzene rings is 1. The van der Waals surface area contributed by atoms with Crippen LogP contribution in [0.15, 0.2) is 78.1 Å². The lowest BCUT2D eigenvalue weighted by atomic mass is 10.0. The van der Waals surface area contributed by atoms with E-state index in [0.717, 1.165) is 74.7 Å². The van der Waals surface area contributed by atoms with E-state index in [1.807, 2.05) is 17.0 Å². The molecule has 1 rings (SSSR count). The summed E-state index contributed by atoms with van der Waals surface area (Å²) in [6, 6.07) is 7.22. The van der Waals surface area contributed by atoms with Crippen LogP contribution in [0.4, 0.5) is 0 Å². The quantitative estimate of drug-likeness (QED) is 0.0985. The van der Waals surface area contributed by atoms with Gasteiger partial charge in [0.05, 0.1) is 6.54 Å². The Kier molecular flexibility index (Phi) is 18.5. The molecule has 0 spiro atoms. The predicted molar refractivity (Wildman–Crippen MR) is 182 cm³/mol. The van der Waals surface area contributed by atoms with Gasteiger partial charge in [0.15, 0.2) is 0 Å². The molecular weight excluding hydrogens is 516 g/mol. The molecule has 230 valence electrons. The van der Waals surface area contributed by atoms with Crippen LogP contribution in [-0.4, -0.2) is 29.0 Å². The number of carbonyl (C=O) groups excluding carboxylic acids is 1. The maximum Gasteiger partial charge on any atom is 0.227 e. The van der Waals surface area contributed by atoms with Crippen LogP contribution >= 0.6 is 0 Å². The van der Waals surface area contributed by atoms with Gasteiger partial charge in [-0.25, -0.2) is 0 Å². The highest BCUT2D eigenvalue weighted by molar-refractivity contribution is 5.78. The van der Waals surface area contributed by atoms with E-state index in [4.69, 9.17) is 0 Å². The first-order chi connectivity index (χ1) is 20.0. The molecule has 0 aromatic heterocycles. The fourth-order valence-corrected chi connectivity index (χ4v) is 4.53. The molecule has 0 saturated heterocycles. The first-order valence-corrected chi connectivity index (χ1v) is 15.7. The lowest BCUT2D eigenvalue weighted by Gasteiger charge is -2.22. The van der Waals surface area contributed by atoms with Gasteiger partial charge < -0.3 is 15.3 Å². The van der Waals surface area contributed by atoms with Crippen LogP contribution in [0, 0.1) is 17.8 Å². The molecular formula is C38H56N2O2. The molecule has 0 radical (unpaired) electrons. The second-order valence-electron chi connectivity index (χ2n) is 11.6. The number of carbonyl (C=O) groups is 1. The third-order valence-corrected chi connectivity index (χ3v) is 7.20. The minimum atomic E-state index is 0.140. The summed E-state index contributed by atoms with van der Waals surface area (Å²) in [5.41, 5.74) is 6.37. The zero-order valence-electron chi connectivity index (χ0n) is 27.3. The second kappa shape index (κ2) is 21.3. The Bertz CT molecular complexity index is 1160. The van der Waals surface area contributed by atoms with Crippen molar-refractivity contribution in [3.05, 3.63) is 83.6 Å². The predicted octanol–water partition coefficient (Wildman–Crippen LogP) is 9.71. The molecule has 0 bridgehead atoms. The minimum absolute atomic E-state index is 0.140. The largest absolute Gasteiger partial charge is 0.507 e. The third kappa shape index (κ3) is 16.1. The van der Waals surface area contributed by atoms with E-state index in [1.165, 1.54) is 16.7 Å². The average Bonchev–Trinajstić information content (AvgIpc) is 2.93. The van der Waals surface area contributed by atoms with Gasteiger partial charge in [-0.3, -0.25) is 4.79 Å². The van der Waals surface area contributed by atoms with E-state index in [9.17, 15) is 9.90 Å². The zero-order chi connectivity index (χ0) is 31.3. The molecule has 0 heterocycles. The van der Waals surface area contributed by atoms with Gasteiger partial charge in [-0.2, -0.15) is 0 Å². The van der Waals surface area contributed by atoms with Gasteiger partial charge in [0.2, 0.25) is 5.91 Å². The summed E-state index contributed by atoms with van der Waals surface area (Å²) in [6.07, 6.45) is 16.1. The molecule has 4 nitrogen and oxygen atoms in total. The van der Waals surface area contributed by atoms with Gasteiger partial charge in [-0.05, 0) is 91.2 Å². The number of phenolic OH excluding ortho intramolecular Hbond substituents is 1. The fraction of sp³-hybridized carbons (Fsp3) is 0.500. The van der Waals surface area contributed by atoms with Gasteiger partial charge in [-0.15, -0.1) is 0 Å². The van der Waals surface area contributed by atoms with Crippen molar-refractivity contribution in [1.82, 2.24) is 10.2 Å². The van der Waals surface area contributed by atoms with Gasteiger partial charge in [0, 0.05) is 35.8 Å². The Morgan fingerprint density at radius 1 is 0.976 bits per heavy atom. The van der Waals surface area contributed by atoms with Crippen molar-refractivity contribution in [3.8, 4) is 17.6 Å². The van der Waals surface area contributed by atoms with Crippen molar-refractivity contribution in [2.75, 3.05) is 13.1 Å². The molecule has 0 fully saturated rings. The molecule has 42 heavy (non-hydrogen) atoms. The SMILES string of the molecule is C=C(NC/C=C(\C)CC/C=C(\C)CCCCC(=O)N(CC#CC(C)CCC=C(C)C)C(=C)CCC)c1ccccc1O. The van der Waals surface area contributed by atoms with Crippen molar-refractivity contribution in [2.45, 2.75) is 106 Å². The summed E-state index contributed by atoms with van der Waals surface area (Å²) in [6.45, 7) is 22.2. The van der Waals surface area contributed by atoms with Gasteiger partial charge in [0.25, 0.3) is 0 Å². The number of allylic oxidation sites excluding steroid dienone is 6. The van der Waals surface area contributed by atoms with Crippen LogP contribution in [0.25, 0.3) is 5.70 Å². The number of rotatable bonds is 19. The van der Waals surface area contributed by atoms with Crippen LogP contribution < -0.4 is 5.32 Å². The molecule has 1 unspecified atom stereocenters. The zero-order valence-corrected chi connectivity index (χ0v) is 27.3. The first-order valence-electron chi connectivity index (χ1n) is 15.7. The summed E-state index contributed by atoms with van der Waals surface area (Å²) in [7, 11) is 0. The van der Waals surface area contributed by atoms with E-state index in [0.29, 0.717) is 25.4 Å². The normalized spacial score (nSPS) is 12.1. The number of para-hydroxylation sites is 1. The molecule has 1 atom stereocenters. The summed E-state index contributed by atoms with van der Waals surface area (Å²) in [4.78, 5) is 14.9. The number of phenols is 1. The highest BCUT2D eigenvalue weighted by atomic mass is 16.3. The summed E-state index contributed by atoms with van der Waals surface area (Å²) >= 11 is 0. The van der Waals surface area contributed by atoms with Gasteiger partial charge >= 0.3 is 0 Å². The Hall–Kier alpha value is -3.45. The van der Waals surface area contributed by atoms with Crippen LogP contribution in [0.5, 0.6) is 5.75 Å². The fourth-order valence-electron chi connectivity index (χ4n) is 4.53. The minimum Gasteiger partial charge on any atom is -0.507 e. The van der Waals surface area contributed by atoms with E-state index < -0.39 is 0 Å². The molecule has 0 aliphatic heterocycles. The second-order valence-corrected chi connectivity index (χ2v) is 11.6. The smallest absolute Gasteiger partial charge is 0.227 e. The molecule has 0 aliphatic carbocycles. The topological polar surface area (TPSA) is 52.6 Å². The van der Waals surface area contributed by atoms with E-state index in [1.54, 1.807) is 12.1 Å². The number of aromatic hydroxyl groups is 1. The van der Waals surface area contributed by atoms with Crippen LogP contribution in [0.1, 0.15) is 111 Å². The van der Waals surface area contributed by atoms with Crippen LogP contribution in [-0.2, 0) is 4.79 Å². The molecule has 4 heteroatoms. The van der Waals surface area contributed by atoms with Gasteiger partial charge in [-0.1, -0.05) is 92.3 Å². The van der Waals surface area contributed by atoms with Crippen molar-refractivity contribution in [2.24, 2.45) is 5.92 Å². The van der Waals surface area contributed by atoms with E-state index >= 15 is 0 Å². The monoisotopic (exact) mass is 572 g/mol. The standard InChI is InChI=1S/C38H56N2O2/c1-9-17-34(7)40(29-16-23-32(5)20-14-18-30(2)3)38(42)26-13-10-19-31(4)21-15-22-33(6)27-28-39-35(8)36-24-11-12-25-37(36)41/h11-12,18,21,24-25,27,32,39,41H,7-10,13-15,17,19-20,22,26,28-29H2,1-6H3/b31-21+,33-27+. The molecule has 1 aromatic carbocycles. The maximum atomic E-state index is 13.0. The number of unbranched alkanes of at least 4 members (excludes halogenated alkanes) is 1. The molecule has 2 N–H and O–H groups in total. The lowest BCUT2D eigenvalue weighted by molar-refractivity contribution is -0.129. The lowest BCUT2D eigenvalue weighted by Crippen LogP contribution is -2.30. The van der Waals surface area contributed by atoms with Crippen LogP contribution in [0.3, 0.4) is 0 Å². The summed E-state index contributed by atoms with van der Waals surface area (Å²) < 4.78 is 0. The average molecular weight is 573 g/mol. The maximum absolute atomic E-state index is 13.0. The van der Waals surface area contributed by atoms with Crippen molar-refractivity contribution in [3.63, 3.8) is 0 Å². The van der Waals surface area contributed by atoms with Crippen molar-refractivity contribution >= 4 is 11.6 Å². The summed E-state index contributed by atoms with van der Waals surface area (Å²) in [5.74, 6) is 7.28. The molecule has 0 aliphatic rings. The Morgan fingerprint density at radius 3 is 2.36 bits per heavy atom. The van der Waals surface area contributed by atoms with Gasteiger partial charge in [0.1, 0.15) is 5.75 Å². The van der Waals surface area contributed by atoms with Crippen molar-refractivity contribution < 1.29 is 9.90 Å². The highest BCUT2D eigenvalue weighted by Gasteiger charge is 2.15. The van der Waals surface area contributed by atoms with E-state index in [2.05, 4.69) is 90.1 Å². The summed E-state index contributed by atoms with van der Waals surface area (Å²) in [5, 5.41) is 13.2. The number of nitrogens with one attached hydrogen (secondary N) is 1. The Labute approximate surface area is 257 Å². The van der Waals surface area contributed by atoms with E-state index in [-0.39, 0.29) is 11.7 Å². The first kappa shape index (κ1) is 36.6. The number of hydrogen-bond acceptors (Lipinski definition) is 3. The molecule has 1 amide bonds. The Balaban J connectivity index is 2.42. The molecule has 1 aromatic rings. The number of amides is 1. The number of hydrogen-bond donors (Lipinski definition) is 2. The number of nitrogens with zero attached hydrogens (tertiary/aromatic N) is 1. The third-order valence-electron chi connectivity index (χ3n) is 7.20. The molecule has 0 saturated carbocycles. The Morgan fingerprint density at radius 2 is 1.67 bits per heavy atom.